The third-order valence-corrected chi connectivity index (χ3v) is 6.20. The number of para-hydroxylation sites is 2. The molecule has 0 aliphatic heterocycles. The largest absolute Gasteiger partial charge is 0.463 e. The van der Waals surface area contributed by atoms with Gasteiger partial charge in [-0.25, -0.2) is 9.36 Å². The first-order chi connectivity index (χ1) is 15.6. The van der Waals surface area contributed by atoms with Gasteiger partial charge in [0.2, 0.25) is 11.5 Å². The third-order valence-electron chi connectivity index (χ3n) is 5.23. The fourth-order valence-corrected chi connectivity index (χ4v) is 4.59. The van der Waals surface area contributed by atoms with Crippen LogP contribution < -0.4 is 5.56 Å². The van der Waals surface area contributed by atoms with Crippen molar-refractivity contribution in [1.82, 2.24) is 19.2 Å². The van der Waals surface area contributed by atoms with Gasteiger partial charge in [0.15, 0.2) is 5.16 Å². The summed E-state index contributed by atoms with van der Waals surface area (Å²) < 4.78 is 13.5. The van der Waals surface area contributed by atoms with Gasteiger partial charge in [-0.05, 0) is 36.8 Å². The summed E-state index contributed by atoms with van der Waals surface area (Å²) in [6.07, 6.45) is 1.45. The molecule has 0 atom stereocenters. The minimum Gasteiger partial charge on any atom is -0.463 e. The van der Waals surface area contributed by atoms with E-state index in [1.165, 1.54) is 25.1 Å². The van der Waals surface area contributed by atoms with Gasteiger partial charge in [-0.2, -0.15) is 0 Å². The lowest BCUT2D eigenvalue weighted by Crippen LogP contribution is -2.22. The van der Waals surface area contributed by atoms with Gasteiger partial charge in [0, 0.05) is 11.3 Å². The number of hydrogen-bond donors (Lipinski definition) is 0. The van der Waals surface area contributed by atoms with Crippen LogP contribution in [0.2, 0.25) is 0 Å². The number of carbonyl (C=O) groups excluding carboxylic acids is 1. The van der Waals surface area contributed by atoms with Crippen LogP contribution in [0.4, 0.5) is 0 Å². The molecule has 8 nitrogen and oxygen atoms in total. The summed E-state index contributed by atoms with van der Waals surface area (Å²) in [6.45, 7) is 1.95. The van der Waals surface area contributed by atoms with Crippen LogP contribution in [0.3, 0.4) is 0 Å². The second kappa shape index (κ2) is 8.01. The van der Waals surface area contributed by atoms with Crippen molar-refractivity contribution in [3.8, 4) is 5.69 Å². The maximum atomic E-state index is 13.4. The molecule has 0 fully saturated rings. The third kappa shape index (κ3) is 3.18. The lowest BCUT2D eigenvalue weighted by Gasteiger charge is -2.13. The molecule has 9 heteroatoms. The molecule has 0 radical (unpaired) electrons. The highest BCUT2D eigenvalue weighted by Gasteiger charge is 2.20. The van der Waals surface area contributed by atoms with Crippen LogP contribution in [0.15, 0.2) is 75.2 Å². The molecule has 0 bridgehead atoms. The molecular weight excluding hydrogens is 428 g/mol. The van der Waals surface area contributed by atoms with E-state index in [0.717, 1.165) is 11.3 Å². The maximum absolute atomic E-state index is 13.4. The lowest BCUT2D eigenvalue weighted by molar-refractivity contribution is 0.0564. The number of aromatic nitrogens is 4. The molecule has 5 aromatic rings. The number of furan rings is 1. The van der Waals surface area contributed by atoms with Crippen molar-refractivity contribution in [2.24, 2.45) is 0 Å². The second-order valence-corrected chi connectivity index (χ2v) is 8.06. The lowest BCUT2D eigenvalue weighted by atomic mass is 10.2. The Labute approximate surface area is 186 Å². The van der Waals surface area contributed by atoms with Crippen LogP contribution in [0.25, 0.3) is 22.4 Å². The van der Waals surface area contributed by atoms with Gasteiger partial charge >= 0.3 is 5.97 Å². The molecular formula is C23H18N4O4S. The van der Waals surface area contributed by atoms with E-state index in [0.29, 0.717) is 33.2 Å². The van der Waals surface area contributed by atoms with E-state index >= 15 is 0 Å². The minimum absolute atomic E-state index is 0.158. The number of esters is 1. The second-order valence-electron chi connectivity index (χ2n) is 7.12. The standard InChI is InChI=1S/C23H18N4O4S/c1-14-7-3-5-9-17(14)26-20(28)16-8-4-6-10-18(16)27-22(26)24-25-23(27)32-13-15-11-12-31-19(15)21(29)30-2/h3-12H,13H2,1-2H3. The number of carbonyl (C=O) groups is 1. The zero-order valence-corrected chi connectivity index (χ0v) is 18.1. The highest BCUT2D eigenvalue weighted by molar-refractivity contribution is 7.98. The van der Waals surface area contributed by atoms with Gasteiger partial charge in [0.25, 0.3) is 5.56 Å². The first-order valence-corrected chi connectivity index (χ1v) is 10.8. The summed E-state index contributed by atoms with van der Waals surface area (Å²) in [6, 6.07) is 16.8. The molecule has 0 unspecified atom stereocenters. The smallest absolute Gasteiger partial charge is 0.374 e. The normalized spacial score (nSPS) is 11.3. The maximum Gasteiger partial charge on any atom is 0.374 e. The molecule has 3 heterocycles. The molecule has 0 amide bonds. The fraction of sp³-hybridized carbons (Fsp3) is 0.130. The van der Waals surface area contributed by atoms with E-state index in [1.54, 1.807) is 16.7 Å². The van der Waals surface area contributed by atoms with Crippen molar-refractivity contribution in [3.05, 3.63) is 88.1 Å². The summed E-state index contributed by atoms with van der Waals surface area (Å²) >= 11 is 1.39. The number of ether oxygens (including phenoxy) is 1. The van der Waals surface area contributed by atoms with Crippen molar-refractivity contribution in [3.63, 3.8) is 0 Å². The van der Waals surface area contributed by atoms with Gasteiger partial charge in [0.05, 0.1) is 30.0 Å². The monoisotopic (exact) mass is 446 g/mol. The molecule has 32 heavy (non-hydrogen) atoms. The van der Waals surface area contributed by atoms with Gasteiger partial charge < -0.3 is 9.15 Å². The quantitative estimate of drug-likeness (QED) is 0.297. The van der Waals surface area contributed by atoms with Gasteiger partial charge in [0.1, 0.15) is 0 Å². The molecule has 0 aliphatic rings. The number of rotatable bonds is 5. The SMILES string of the molecule is COC(=O)c1occc1CSc1nnc2n(-c3ccccc3C)c(=O)c3ccccc3n12. The van der Waals surface area contributed by atoms with E-state index in [2.05, 4.69) is 10.2 Å². The predicted octanol–water partition coefficient (Wildman–Crippen LogP) is 4.01. The van der Waals surface area contributed by atoms with Crippen LogP contribution in [0, 0.1) is 6.92 Å². The summed E-state index contributed by atoms with van der Waals surface area (Å²) in [4.78, 5) is 25.3. The van der Waals surface area contributed by atoms with Gasteiger partial charge in [-0.15, -0.1) is 10.2 Å². The minimum atomic E-state index is -0.532. The molecule has 0 N–H and O–H groups in total. The Bertz CT molecular complexity index is 1530. The fourth-order valence-electron chi connectivity index (χ4n) is 3.67. The van der Waals surface area contributed by atoms with E-state index in [9.17, 15) is 9.59 Å². The molecule has 5 rings (SSSR count). The van der Waals surface area contributed by atoms with Gasteiger partial charge in [-0.3, -0.25) is 9.20 Å². The Morgan fingerprint density at radius 2 is 1.88 bits per heavy atom. The van der Waals surface area contributed by atoms with Crippen LogP contribution in [-0.2, 0) is 10.5 Å². The van der Waals surface area contributed by atoms with Crippen LogP contribution in [0.1, 0.15) is 21.7 Å². The Kier molecular flexibility index (Phi) is 5.02. The summed E-state index contributed by atoms with van der Waals surface area (Å²) in [5.74, 6) is 0.469. The van der Waals surface area contributed by atoms with Crippen LogP contribution in [0.5, 0.6) is 0 Å². The number of methoxy groups -OCH3 is 1. The van der Waals surface area contributed by atoms with Crippen molar-refractivity contribution in [1.29, 1.82) is 0 Å². The predicted molar refractivity (Wildman–Crippen MR) is 120 cm³/mol. The molecule has 0 aliphatic carbocycles. The molecule has 0 saturated heterocycles. The summed E-state index contributed by atoms with van der Waals surface area (Å²) in [5, 5.41) is 9.88. The average molecular weight is 446 g/mol. The molecule has 0 spiro atoms. The number of fused-ring (bicyclic) bond motifs is 3. The Morgan fingerprint density at radius 1 is 1.09 bits per heavy atom. The van der Waals surface area contributed by atoms with Crippen molar-refractivity contribution >= 4 is 34.4 Å². The molecule has 0 saturated carbocycles. The zero-order chi connectivity index (χ0) is 22.2. The topological polar surface area (TPSA) is 91.6 Å². The number of benzene rings is 2. The number of thioether (sulfide) groups is 1. The Hall–Kier alpha value is -3.85. The number of hydrogen-bond acceptors (Lipinski definition) is 7. The summed E-state index contributed by atoms with van der Waals surface area (Å²) in [7, 11) is 1.31. The Morgan fingerprint density at radius 3 is 2.69 bits per heavy atom. The van der Waals surface area contributed by atoms with E-state index in [-0.39, 0.29) is 11.3 Å². The van der Waals surface area contributed by atoms with Gasteiger partial charge in [-0.1, -0.05) is 42.1 Å². The van der Waals surface area contributed by atoms with Crippen molar-refractivity contribution in [2.75, 3.05) is 7.11 Å². The molecule has 160 valence electrons. The van der Waals surface area contributed by atoms with Crippen molar-refractivity contribution in [2.45, 2.75) is 17.8 Å². The van der Waals surface area contributed by atoms with Crippen molar-refractivity contribution < 1.29 is 13.9 Å². The zero-order valence-electron chi connectivity index (χ0n) is 17.3. The van der Waals surface area contributed by atoms with Crippen LogP contribution >= 0.6 is 11.8 Å². The highest BCUT2D eigenvalue weighted by Crippen LogP contribution is 2.28. The first-order valence-electron chi connectivity index (χ1n) is 9.82. The van der Waals surface area contributed by atoms with Crippen LogP contribution in [-0.4, -0.2) is 32.2 Å². The van der Waals surface area contributed by atoms with E-state index in [4.69, 9.17) is 9.15 Å². The molecule has 2 aromatic carbocycles. The highest BCUT2D eigenvalue weighted by atomic mass is 32.2. The molecule has 3 aromatic heterocycles. The van der Waals surface area contributed by atoms with E-state index < -0.39 is 5.97 Å². The van der Waals surface area contributed by atoms with E-state index in [1.807, 2.05) is 53.8 Å². The number of aryl methyl sites for hydroxylation is 1. The average Bonchev–Trinajstić information content (AvgIpc) is 3.45. The summed E-state index contributed by atoms with van der Waals surface area (Å²) in [5.41, 5.74) is 2.94. The Balaban J connectivity index is 1.68. The first kappa shape index (κ1) is 20.1. The number of nitrogens with zero attached hydrogens (tertiary/aromatic N) is 4.